The summed E-state index contributed by atoms with van der Waals surface area (Å²) in [5.41, 5.74) is 0. The number of hydrogen-bond acceptors (Lipinski definition) is 3. The number of aliphatic hydroxyl groups excluding tert-OH is 1. The molecule has 0 aliphatic carbocycles. The number of ether oxygens (including phenoxy) is 1. The zero-order valence-corrected chi connectivity index (χ0v) is 10.3. The van der Waals surface area contributed by atoms with Crippen LogP contribution >= 0.6 is 0 Å². The van der Waals surface area contributed by atoms with Crippen molar-refractivity contribution in [3.63, 3.8) is 0 Å². The van der Waals surface area contributed by atoms with Crippen molar-refractivity contribution in [2.24, 2.45) is 0 Å². The van der Waals surface area contributed by atoms with Crippen LogP contribution in [0.4, 0.5) is 0 Å². The van der Waals surface area contributed by atoms with E-state index in [-0.39, 0.29) is 0 Å². The van der Waals surface area contributed by atoms with Crippen LogP contribution in [-0.4, -0.2) is 41.8 Å². The number of aliphatic hydroxyl groups is 1. The third-order valence-corrected chi connectivity index (χ3v) is 3.26. The Bertz CT molecular complexity index is 328. The molecule has 1 radical (unpaired) electrons. The third kappa shape index (κ3) is 3.72. The molecule has 1 N–H and O–H groups in total. The summed E-state index contributed by atoms with van der Waals surface area (Å²) in [6, 6.07) is 10.9. The van der Waals surface area contributed by atoms with Crippen LogP contribution in [0.2, 0.25) is 0 Å². The van der Waals surface area contributed by atoms with E-state index >= 15 is 0 Å². The van der Waals surface area contributed by atoms with Crippen molar-refractivity contribution in [1.82, 2.24) is 4.90 Å². The van der Waals surface area contributed by atoms with Crippen molar-refractivity contribution < 1.29 is 9.84 Å². The van der Waals surface area contributed by atoms with E-state index in [1.165, 1.54) is 12.8 Å². The normalized spacial score (nSPS) is 22.6. The largest absolute Gasteiger partial charge is 0.491 e. The topological polar surface area (TPSA) is 32.7 Å². The first kappa shape index (κ1) is 12.4. The zero-order chi connectivity index (χ0) is 12.1. The summed E-state index contributed by atoms with van der Waals surface area (Å²) in [4.78, 5) is 2.32. The fourth-order valence-electron chi connectivity index (χ4n) is 2.25. The van der Waals surface area contributed by atoms with E-state index in [1.807, 2.05) is 18.2 Å². The average molecular weight is 234 g/mol. The summed E-state index contributed by atoms with van der Waals surface area (Å²) in [5, 5.41) is 9.91. The van der Waals surface area contributed by atoms with Crippen LogP contribution < -0.4 is 4.74 Å². The van der Waals surface area contributed by atoms with Gasteiger partial charge >= 0.3 is 0 Å². The Balaban J connectivity index is 1.72. The predicted molar refractivity (Wildman–Crippen MR) is 67.0 cm³/mol. The lowest BCUT2D eigenvalue weighted by Crippen LogP contribution is -2.37. The van der Waals surface area contributed by atoms with Crippen LogP contribution in [0.1, 0.15) is 19.8 Å². The lowest BCUT2D eigenvalue weighted by molar-refractivity contribution is 0.0662. The fourth-order valence-corrected chi connectivity index (χ4v) is 2.25. The summed E-state index contributed by atoms with van der Waals surface area (Å²) < 4.78 is 5.51. The van der Waals surface area contributed by atoms with Gasteiger partial charge in [0.1, 0.15) is 18.5 Å². The van der Waals surface area contributed by atoms with Gasteiger partial charge in [-0.05, 0) is 44.5 Å². The maximum atomic E-state index is 9.91. The molecule has 2 rings (SSSR count). The van der Waals surface area contributed by atoms with Crippen LogP contribution in [-0.2, 0) is 0 Å². The summed E-state index contributed by atoms with van der Waals surface area (Å²) in [7, 11) is 0. The van der Waals surface area contributed by atoms with E-state index in [2.05, 4.69) is 17.9 Å². The summed E-state index contributed by atoms with van der Waals surface area (Å²) >= 11 is 0. The highest BCUT2D eigenvalue weighted by Crippen LogP contribution is 2.16. The van der Waals surface area contributed by atoms with Gasteiger partial charge in [0.15, 0.2) is 0 Å². The second-order valence-corrected chi connectivity index (χ2v) is 4.69. The number of likely N-dealkylation sites (tertiary alicyclic amines) is 1. The lowest BCUT2D eigenvalue weighted by Gasteiger charge is -2.24. The number of rotatable bonds is 5. The van der Waals surface area contributed by atoms with E-state index in [0.29, 0.717) is 19.2 Å². The van der Waals surface area contributed by atoms with Crippen LogP contribution in [0.25, 0.3) is 0 Å². The molecule has 1 heterocycles. The minimum Gasteiger partial charge on any atom is -0.491 e. The molecule has 17 heavy (non-hydrogen) atoms. The zero-order valence-electron chi connectivity index (χ0n) is 10.3. The molecule has 1 saturated heterocycles. The minimum absolute atomic E-state index is 0.348. The monoisotopic (exact) mass is 234 g/mol. The maximum absolute atomic E-state index is 9.91. The van der Waals surface area contributed by atoms with Crippen LogP contribution in [0.15, 0.2) is 24.3 Å². The van der Waals surface area contributed by atoms with Crippen molar-refractivity contribution in [2.75, 3.05) is 19.7 Å². The van der Waals surface area contributed by atoms with Gasteiger partial charge < -0.3 is 9.84 Å². The molecule has 1 aliphatic rings. The molecule has 2 atom stereocenters. The molecule has 0 bridgehead atoms. The van der Waals surface area contributed by atoms with E-state index in [0.717, 1.165) is 12.3 Å². The van der Waals surface area contributed by atoms with E-state index in [1.54, 1.807) is 6.07 Å². The first-order chi connectivity index (χ1) is 8.25. The Kier molecular flexibility index (Phi) is 4.40. The van der Waals surface area contributed by atoms with E-state index in [9.17, 15) is 5.11 Å². The standard InChI is InChI=1S/C14H20NO2/c1-12-6-5-9-15(12)10-13(16)11-17-14-7-3-2-4-8-14/h2-3,7-8,12-13,16H,5-6,9-11H2,1H3/t12-,13-/m1/s1. The number of nitrogens with zero attached hydrogens (tertiary/aromatic N) is 1. The van der Waals surface area contributed by atoms with Crippen molar-refractivity contribution in [3.8, 4) is 5.75 Å². The predicted octanol–water partition coefficient (Wildman–Crippen LogP) is 1.71. The molecule has 1 aromatic carbocycles. The Hall–Kier alpha value is -1.06. The van der Waals surface area contributed by atoms with Gasteiger partial charge in [0, 0.05) is 12.6 Å². The summed E-state index contributed by atoms with van der Waals surface area (Å²) in [6.45, 7) is 4.36. The minimum atomic E-state index is -0.421. The number of hydrogen-bond donors (Lipinski definition) is 1. The SMILES string of the molecule is C[C@@H]1CCCN1C[C@@H](O)COc1c[c]ccc1. The fraction of sp³-hybridized carbons (Fsp3) is 0.571. The molecule has 1 fully saturated rings. The van der Waals surface area contributed by atoms with Crippen molar-refractivity contribution in [3.05, 3.63) is 30.3 Å². The Morgan fingerprint density at radius 2 is 2.53 bits per heavy atom. The van der Waals surface area contributed by atoms with Gasteiger partial charge in [0.05, 0.1) is 0 Å². The second-order valence-electron chi connectivity index (χ2n) is 4.69. The molecule has 0 spiro atoms. The van der Waals surface area contributed by atoms with Gasteiger partial charge in [-0.15, -0.1) is 0 Å². The Morgan fingerprint density at radius 1 is 1.65 bits per heavy atom. The van der Waals surface area contributed by atoms with Gasteiger partial charge in [0.25, 0.3) is 0 Å². The van der Waals surface area contributed by atoms with Gasteiger partial charge in [-0.25, -0.2) is 0 Å². The van der Waals surface area contributed by atoms with Crippen LogP contribution in [0.5, 0.6) is 5.75 Å². The smallest absolute Gasteiger partial charge is 0.120 e. The van der Waals surface area contributed by atoms with Crippen molar-refractivity contribution in [1.29, 1.82) is 0 Å². The van der Waals surface area contributed by atoms with Gasteiger partial charge in [0.2, 0.25) is 0 Å². The van der Waals surface area contributed by atoms with E-state index in [4.69, 9.17) is 4.74 Å². The number of benzene rings is 1. The first-order valence-electron chi connectivity index (χ1n) is 6.27. The lowest BCUT2D eigenvalue weighted by atomic mass is 10.2. The first-order valence-corrected chi connectivity index (χ1v) is 6.27. The average Bonchev–Trinajstić information content (AvgIpc) is 2.74. The third-order valence-electron chi connectivity index (χ3n) is 3.26. The number of β-amino-alcohol motifs (C(OH)–C–C–N with tert-alkyl or cyclic N) is 1. The van der Waals surface area contributed by atoms with Gasteiger partial charge in [-0.3, -0.25) is 4.90 Å². The summed E-state index contributed by atoms with van der Waals surface area (Å²) in [5.74, 6) is 0.765. The maximum Gasteiger partial charge on any atom is 0.120 e. The molecule has 0 amide bonds. The highest BCUT2D eigenvalue weighted by atomic mass is 16.5. The highest BCUT2D eigenvalue weighted by Gasteiger charge is 2.22. The Morgan fingerprint density at radius 3 is 3.18 bits per heavy atom. The van der Waals surface area contributed by atoms with Crippen molar-refractivity contribution in [2.45, 2.75) is 31.9 Å². The molecule has 1 aromatic rings. The van der Waals surface area contributed by atoms with Gasteiger partial charge in [-0.1, -0.05) is 12.1 Å². The highest BCUT2D eigenvalue weighted by molar-refractivity contribution is 5.20. The quantitative estimate of drug-likeness (QED) is 0.842. The molecular formula is C14H20NO2. The molecule has 0 saturated carbocycles. The molecule has 93 valence electrons. The second kappa shape index (κ2) is 6.03. The van der Waals surface area contributed by atoms with Crippen LogP contribution in [0, 0.1) is 6.07 Å². The Labute approximate surface area is 103 Å². The molecular weight excluding hydrogens is 214 g/mol. The molecule has 1 aliphatic heterocycles. The van der Waals surface area contributed by atoms with Crippen molar-refractivity contribution >= 4 is 0 Å². The summed E-state index contributed by atoms with van der Waals surface area (Å²) in [6.07, 6.45) is 2.06. The molecule has 3 heteroatoms. The van der Waals surface area contributed by atoms with Gasteiger partial charge in [-0.2, -0.15) is 0 Å². The van der Waals surface area contributed by atoms with E-state index < -0.39 is 6.10 Å². The van der Waals surface area contributed by atoms with Crippen LogP contribution in [0.3, 0.4) is 0 Å². The molecule has 0 aromatic heterocycles. The molecule has 3 nitrogen and oxygen atoms in total. The molecule has 0 unspecified atom stereocenters.